The van der Waals surface area contributed by atoms with Gasteiger partial charge < -0.3 is 9.84 Å². The zero-order chi connectivity index (χ0) is 20.8. The van der Waals surface area contributed by atoms with Gasteiger partial charge >= 0.3 is 0 Å². The summed E-state index contributed by atoms with van der Waals surface area (Å²) in [5, 5.41) is 11.8. The molecule has 1 N–H and O–H groups in total. The first kappa shape index (κ1) is 19.2. The second kappa shape index (κ2) is 7.05. The molecule has 5 heteroatoms. The van der Waals surface area contributed by atoms with Gasteiger partial charge in [0.15, 0.2) is 5.78 Å². The Morgan fingerprint density at radius 3 is 2.79 bits per heavy atom. The van der Waals surface area contributed by atoms with Crippen LogP contribution in [0.3, 0.4) is 0 Å². The second-order valence-electron chi connectivity index (χ2n) is 7.67. The van der Waals surface area contributed by atoms with Crippen molar-refractivity contribution in [3.63, 3.8) is 0 Å². The first-order valence-corrected chi connectivity index (χ1v) is 9.65. The molecule has 4 rings (SSSR count). The molecule has 0 saturated carbocycles. The zero-order valence-electron chi connectivity index (χ0n) is 16.4. The maximum absolute atomic E-state index is 12.7. The van der Waals surface area contributed by atoms with Gasteiger partial charge in [-0.3, -0.25) is 4.79 Å². The number of halogens is 1. The molecule has 0 bridgehead atoms. The summed E-state index contributed by atoms with van der Waals surface area (Å²) >= 11 is 6.28. The molecular formula is C24H20ClNO3. The minimum Gasteiger partial charge on any atom is -0.506 e. The first-order chi connectivity index (χ1) is 13.7. The summed E-state index contributed by atoms with van der Waals surface area (Å²) in [7, 11) is 0. The topological polar surface area (TPSA) is 59.4 Å². The van der Waals surface area contributed by atoms with Crippen molar-refractivity contribution in [2.24, 2.45) is 0 Å². The van der Waals surface area contributed by atoms with E-state index in [-0.39, 0.29) is 17.1 Å². The van der Waals surface area contributed by atoms with Crippen molar-refractivity contribution < 1.29 is 14.6 Å². The van der Waals surface area contributed by atoms with Gasteiger partial charge in [0.25, 0.3) is 0 Å². The number of phenols is 1. The maximum Gasteiger partial charge on any atom is 0.189 e. The number of carbonyl (C=O) groups excluding carboxylic acids is 1. The van der Waals surface area contributed by atoms with Gasteiger partial charge in [0.1, 0.15) is 22.3 Å². The average molecular weight is 406 g/mol. The van der Waals surface area contributed by atoms with Crippen molar-refractivity contribution in [3.05, 3.63) is 76.0 Å². The van der Waals surface area contributed by atoms with Crippen LogP contribution >= 0.6 is 11.6 Å². The van der Waals surface area contributed by atoms with Crippen molar-refractivity contribution in [1.82, 2.24) is 4.98 Å². The van der Waals surface area contributed by atoms with E-state index in [9.17, 15) is 9.90 Å². The Balaban J connectivity index is 1.66. The molecular weight excluding hydrogens is 386 g/mol. The Morgan fingerprint density at radius 1 is 1.21 bits per heavy atom. The van der Waals surface area contributed by atoms with E-state index >= 15 is 0 Å². The van der Waals surface area contributed by atoms with Gasteiger partial charge in [-0.25, -0.2) is 4.98 Å². The molecule has 29 heavy (non-hydrogen) atoms. The number of phenolic OH excluding ortho intramolecular Hbond substituents is 1. The normalized spacial score (nSPS) is 14.8. The number of aromatic hydroxyl groups is 1. The molecule has 1 aliphatic heterocycles. The monoisotopic (exact) mass is 405 g/mol. The highest BCUT2D eigenvalue weighted by Crippen LogP contribution is 2.38. The number of pyridine rings is 1. The van der Waals surface area contributed by atoms with Gasteiger partial charge in [-0.15, -0.1) is 0 Å². The van der Waals surface area contributed by atoms with Gasteiger partial charge in [-0.2, -0.15) is 0 Å². The molecule has 4 nitrogen and oxygen atoms in total. The SMILES string of the molecule is Cc1ccc2nc(Cl)c(/C=C/C(=O)c3ccc4c(c3O)C=CC(C)(C)O4)cc2c1. The van der Waals surface area contributed by atoms with Crippen LogP contribution < -0.4 is 4.74 Å². The molecule has 2 heterocycles. The lowest BCUT2D eigenvalue weighted by molar-refractivity contribution is 0.104. The first-order valence-electron chi connectivity index (χ1n) is 9.27. The molecule has 146 valence electrons. The van der Waals surface area contributed by atoms with E-state index in [1.807, 2.05) is 51.1 Å². The Labute approximate surface area is 174 Å². The van der Waals surface area contributed by atoms with Crippen LogP contribution in [0.15, 0.2) is 48.6 Å². The number of fused-ring (bicyclic) bond motifs is 2. The number of aromatic nitrogens is 1. The van der Waals surface area contributed by atoms with Crippen molar-refractivity contribution in [3.8, 4) is 11.5 Å². The number of nitrogens with zero attached hydrogens (tertiary/aromatic N) is 1. The fraction of sp³-hybridized carbons (Fsp3) is 0.167. The predicted molar refractivity (Wildman–Crippen MR) is 117 cm³/mol. The van der Waals surface area contributed by atoms with Crippen LogP contribution in [0.4, 0.5) is 0 Å². The lowest BCUT2D eigenvalue weighted by atomic mass is 9.98. The van der Waals surface area contributed by atoms with E-state index in [0.29, 0.717) is 22.0 Å². The van der Waals surface area contributed by atoms with Crippen LogP contribution in [-0.4, -0.2) is 21.5 Å². The van der Waals surface area contributed by atoms with Gasteiger partial charge in [-0.1, -0.05) is 23.2 Å². The number of ether oxygens (including phenoxy) is 1. The molecule has 0 fully saturated rings. The van der Waals surface area contributed by atoms with E-state index in [1.54, 1.807) is 24.3 Å². The molecule has 2 aromatic carbocycles. The second-order valence-corrected chi connectivity index (χ2v) is 8.03. The molecule has 1 aliphatic rings. The third kappa shape index (κ3) is 3.76. The quantitative estimate of drug-likeness (QED) is 0.330. The highest BCUT2D eigenvalue weighted by Gasteiger charge is 2.25. The summed E-state index contributed by atoms with van der Waals surface area (Å²) in [5.41, 5.74) is 2.80. The number of rotatable bonds is 3. The van der Waals surface area contributed by atoms with Crippen molar-refractivity contribution in [2.45, 2.75) is 26.4 Å². The van der Waals surface area contributed by atoms with Gasteiger partial charge in [0, 0.05) is 10.9 Å². The summed E-state index contributed by atoms with van der Waals surface area (Å²) < 4.78 is 5.83. The van der Waals surface area contributed by atoms with Crippen LogP contribution in [0.5, 0.6) is 11.5 Å². The minimum absolute atomic E-state index is 0.0951. The fourth-order valence-electron chi connectivity index (χ4n) is 3.30. The van der Waals surface area contributed by atoms with E-state index in [4.69, 9.17) is 16.3 Å². The molecule has 0 unspecified atom stereocenters. The fourth-order valence-corrected chi connectivity index (χ4v) is 3.51. The van der Waals surface area contributed by atoms with Crippen LogP contribution in [-0.2, 0) is 0 Å². The van der Waals surface area contributed by atoms with E-state index in [0.717, 1.165) is 16.5 Å². The Hall–Kier alpha value is -3.11. The molecule has 0 atom stereocenters. The standard InChI is InChI=1S/C24H20ClNO3/c1-14-4-7-19-16(12-14)13-15(23(25)26-19)5-8-20(27)17-6-9-21-18(22(17)28)10-11-24(2,3)29-21/h4-13,28H,1-3H3/b8-5+. The van der Waals surface area contributed by atoms with Gasteiger partial charge in [-0.05, 0) is 75.4 Å². The maximum atomic E-state index is 12.7. The molecule has 0 radical (unpaired) electrons. The van der Waals surface area contributed by atoms with E-state index < -0.39 is 5.60 Å². The van der Waals surface area contributed by atoms with Gasteiger partial charge in [0.2, 0.25) is 0 Å². The lowest BCUT2D eigenvalue weighted by Gasteiger charge is -2.28. The third-order valence-corrected chi connectivity index (χ3v) is 5.13. The smallest absolute Gasteiger partial charge is 0.189 e. The summed E-state index contributed by atoms with van der Waals surface area (Å²) in [6.07, 6.45) is 6.64. The van der Waals surface area contributed by atoms with Crippen molar-refractivity contribution >= 4 is 40.4 Å². The zero-order valence-corrected chi connectivity index (χ0v) is 17.1. The number of hydrogen-bond acceptors (Lipinski definition) is 4. The molecule has 1 aromatic heterocycles. The van der Waals surface area contributed by atoms with E-state index in [1.165, 1.54) is 6.08 Å². The molecule has 0 spiro atoms. The lowest BCUT2D eigenvalue weighted by Crippen LogP contribution is -2.27. The van der Waals surface area contributed by atoms with Crippen LogP contribution in [0.25, 0.3) is 23.1 Å². The van der Waals surface area contributed by atoms with Crippen molar-refractivity contribution in [2.75, 3.05) is 0 Å². The van der Waals surface area contributed by atoms with E-state index in [2.05, 4.69) is 4.98 Å². The van der Waals surface area contributed by atoms with Crippen molar-refractivity contribution in [1.29, 1.82) is 0 Å². The third-order valence-electron chi connectivity index (χ3n) is 4.83. The summed E-state index contributed by atoms with van der Waals surface area (Å²) in [6.45, 7) is 5.85. The Kier molecular flexibility index (Phi) is 4.67. The molecule has 0 saturated heterocycles. The number of aryl methyl sites for hydroxylation is 1. The number of hydrogen-bond donors (Lipinski definition) is 1. The minimum atomic E-state index is -0.455. The van der Waals surface area contributed by atoms with Crippen LogP contribution in [0.2, 0.25) is 5.15 Å². The molecule has 0 aliphatic carbocycles. The largest absolute Gasteiger partial charge is 0.506 e. The summed E-state index contributed by atoms with van der Waals surface area (Å²) in [5.74, 6) is 0.124. The predicted octanol–water partition coefficient (Wildman–Crippen LogP) is 5.98. The summed E-state index contributed by atoms with van der Waals surface area (Å²) in [6, 6.07) is 11.1. The average Bonchev–Trinajstić information content (AvgIpc) is 2.66. The highest BCUT2D eigenvalue weighted by molar-refractivity contribution is 6.31. The number of ketones is 1. The Bertz CT molecular complexity index is 1210. The van der Waals surface area contributed by atoms with Crippen LogP contribution in [0, 0.1) is 6.92 Å². The number of allylic oxidation sites excluding steroid dienone is 1. The summed E-state index contributed by atoms with van der Waals surface area (Å²) in [4.78, 5) is 17.1. The Morgan fingerprint density at radius 2 is 2.00 bits per heavy atom. The van der Waals surface area contributed by atoms with Gasteiger partial charge in [0.05, 0.1) is 16.6 Å². The number of benzene rings is 2. The highest BCUT2D eigenvalue weighted by atomic mass is 35.5. The molecule has 0 amide bonds. The molecule has 3 aromatic rings. The number of carbonyl (C=O) groups is 1. The van der Waals surface area contributed by atoms with Crippen LogP contribution in [0.1, 0.15) is 40.9 Å².